The van der Waals surface area contributed by atoms with Crippen molar-refractivity contribution in [2.24, 2.45) is 11.7 Å². The minimum Gasteiger partial charge on any atom is -0.376 e. The van der Waals surface area contributed by atoms with Crippen molar-refractivity contribution in [3.8, 4) is 0 Å². The Morgan fingerprint density at radius 1 is 1.57 bits per heavy atom. The molecule has 1 aliphatic carbocycles. The maximum atomic E-state index is 5.55. The highest BCUT2D eigenvalue weighted by Gasteiger charge is 2.52. The number of ether oxygens (including phenoxy) is 1. The van der Waals surface area contributed by atoms with E-state index in [1.807, 2.05) is 0 Å². The summed E-state index contributed by atoms with van der Waals surface area (Å²) in [5.41, 5.74) is 5.55. The van der Waals surface area contributed by atoms with Gasteiger partial charge in [0, 0.05) is 18.6 Å². The molecule has 1 heterocycles. The Hall–Kier alpha value is -0.0800. The molecule has 1 saturated carbocycles. The summed E-state index contributed by atoms with van der Waals surface area (Å²) in [6.45, 7) is 0.947. The van der Waals surface area contributed by atoms with Crippen molar-refractivity contribution in [2.75, 3.05) is 6.61 Å². The molecule has 0 spiro atoms. The van der Waals surface area contributed by atoms with Gasteiger partial charge in [0.25, 0.3) is 0 Å². The van der Waals surface area contributed by atoms with Crippen LogP contribution in [0.2, 0.25) is 0 Å². The Balaban J connectivity index is 2.06. The number of fused-ring (bicyclic) bond motifs is 1. The van der Waals surface area contributed by atoms with E-state index in [1.165, 1.54) is 6.42 Å². The third-order valence-corrected chi connectivity index (χ3v) is 1.92. The van der Waals surface area contributed by atoms with Crippen LogP contribution < -0.4 is 5.73 Å². The van der Waals surface area contributed by atoms with Gasteiger partial charge in [-0.25, -0.2) is 0 Å². The summed E-state index contributed by atoms with van der Waals surface area (Å²) in [6.07, 6.45) is 1.66. The zero-order chi connectivity index (χ0) is 4.85. The molecular weight excluding hydrogens is 90.1 g/mol. The summed E-state index contributed by atoms with van der Waals surface area (Å²) >= 11 is 0. The van der Waals surface area contributed by atoms with E-state index < -0.39 is 0 Å². The van der Waals surface area contributed by atoms with Crippen molar-refractivity contribution in [1.29, 1.82) is 0 Å². The summed E-state index contributed by atoms with van der Waals surface area (Å²) in [4.78, 5) is 0. The molecule has 0 amide bonds. The third-order valence-electron chi connectivity index (χ3n) is 1.92. The predicted molar refractivity (Wildman–Crippen MR) is 25.8 cm³/mol. The lowest BCUT2D eigenvalue weighted by atomic mass is 10.3. The average Bonchev–Trinajstić information content (AvgIpc) is 2.26. The van der Waals surface area contributed by atoms with Crippen LogP contribution in [0, 0.1) is 5.92 Å². The molecule has 7 heavy (non-hydrogen) atoms. The van der Waals surface area contributed by atoms with Crippen LogP contribution in [-0.2, 0) is 4.74 Å². The van der Waals surface area contributed by atoms with Crippen LogP contribution in [0.25, 0.3) is 0 Å². The van der Waals surface area contributed by atoms with Crippen molar-refractivity contribution in [2.45, 2.75) is 18.6 Å². The minimum absolute atomic E-state index is 0.397. The van der Waals surface area contributed by atoms with Crippen LogP contribution in [0.4, 0.5) is 0 Å². The van der Waals surface area contributed by atoms with Gasteiger partial charge in [0.1, 0.15) is 0 Å². The first-order chi connectivity index (χ1) is 3.39. The number of hydrogen-bond acceptors (Lipinski definition) is 2. The first kappa shape index (κ1) is 3.87. The lowest BCUT2D eigenvalue weighted by Crippen LogP contribution is -2.10. The van der Waals surface area contributed by atoms with Gasteiger partial charge in [-0.3, -0.25) is 0 Å². The molecule has 0 aromatic carbocycles. The van der Waals surface area contributed by atoms with Crippen molar-refractivity contribution in [3.05, 3.63) is 0 Å². The molecule has 1 saturated heterocycles. The molecule has 2 heteroatoms. The van der Waals surface area contributed by atoms with Crippen LogP contribution in [-0.4, -0.2) is 18.8 Å². The Bertz CT molecular complexity index is 84.1. The molecule has 2 N–H and O–H groups in total. The van der Waals surface area contributed by atoms with Gasteiger partial charge in [-0.15, -0.1) is 0 Å². The second-order valence-corrected chi connectivity index (χ2v) is 2.37. The van der Waals surface area contributed by atoms with Crippen molar-refractivity contribution in [3.63, 3.8) is 0 Å². The topological polar surface area (TPSA) is 35.2 Å². The van der Waals surface area contributed by atoms with Crippen LogP contribution in [0.5, 0.6) is 0 Å². The normalized spacial score (nSPS) is 57.0. The largest absolute Gasteiger partial charge is 0.376 e. The van der Waals surface area contributed by atoms with Gasteiger partial charge in [0.2, 0.25) is 0 Å². The molecule has 2 fully saturated rings. The fourth-order valence-electron chi connectivity index (χ4n) is 1.30. The molecular formula is C5H9NO. The van der Waals surface area contributed by atoms with Crippen molar-refractivity contribution in [1.82, 2.24) is 0 Å². The molecule has 2 aliphatic rings. The van der Waals surface area contributed by atoms with E-state index in [1.54, 1.807) is 0 Å². The van der Waals surface area contributed by atoms with Gasteiger partial charge in [-0.2, -0.15) is 0 Å². The summed E-state index contributed by atoms with van der Waals surface area (Å²) in [5, 5.41) is 0. The van der Waals surface area contributed by atoms with Crippen LogP contribution in [0.15, 0.2) is 0 Å². The molecule has 0 radical (unpaired) electrons. The Labute approximate surface area is 42.6 Å². The summed E-state index contributed by atoms with van der Waals surface area (Å²) in [7, 11) is 0. The Morgan fingerprint density at radius 2 is 2.43 bits per heavy atom. The standard InChI is InChI=1S/C5H9NO/c6-4-3-1-2-7-5(3)4/h3-5H,1-2,6H2/t3-,4-,5-/m1/s1. The van der Waals surface area contributed by atoms with Crippen LogP contribution >= 0.6 is 0 Å². The monoisotopic (exact) mass is 99.1 g/mol. The van der Waals surface area contributed by atoms with E-state index in [4.69, 9.17) is 10.5 Å². The maximum absolute atomic E-state index is 5.55. The number of hydrogen-bond donors (Lipinski definition) is 1. The number of nitrogens with two attached hydrogens (primary N) is 1. The van der Waals surface area contributed by atoms with Crippen molar-refractivity contribution < 1.29 is 4.74 Å². The second-order valence-electron chi connectivity index (χ2n) is 2.37. The summed E-state index contributed by atoms with van der Waals surface area (Å²) in [6, 6.07) is 0.397. The highest BCUT2D eigenvalue weighted by molar-refractivity contribution is 5.05. The minimum atomic E-state index is 0.397. The molecule has 2 rings (SSSR count). The fourth-order valence-corrected chi connectivity index (χ4v) is 1.30. The van der Waals surface area contributed by atoms with E-state index in [0.29, 0.717) is 12.1 Å². The highest BCUT2D eigenvalue weighted by Crippen LogP contribution is 2.40. The van der Waals surface area contributed by atoms with E-state index in [9.17, 15) is 0 Å². The predicted octanol–water partition coefficient (Wildman–Crippen LogP) is -0.268. The number of rotatable bonds is 0. The molecule has 40 valence electrons. The van der Waals surface area contributed by atoms with Crippen LogP contribution in [0.3, 0.4) is 0 Å². The van der Waals surface area contributed by atoms with E-state index >= 15 is 0 Å². The van der Waals surface area contributed by atoms with Gasteiger partial charge < -0.3 is 10.5 Å². The lowest BCUT2D eigenvalue weighted by molar-refractivity contribution is 0.150. The first-order valence-electron chi connectivity index (χ1n) is 2.77. The first-order valence-corrected chi connectivity index (χ1v) is 2.77. The van der Waals surface area contributed by atoms with E-state index in [0.717, 1.165) is 12.5 Å². The van der Waals surface area contributed by atoms with Gasteiger partial charge in [-0.1, -0.05) is 0 Å². The van der Waals surface area contributed by atoms with Gasteiger partial charge in [0.05, 0.1) is 6.10 Å². The Morgan fingerprint density at radius 3 is 2.71 bits per heavy atom. The smallest absolute Gasteiger partial charge is 0.0774 e. The van der Waals surface area contributed by atoms with Gasteiger partial charge in [-0.05, 0) is 6.42 Å². The highest BCUT2D eigenvalue weighted by atomic mass is 16.5. The molecule has 3 atom stereocenters. The summed E-state index contributed by atoms with van der Waals surface area (Å²) in [5.74, 6) is 0.736. The van der Waals surface area contributed by atoms with Crippen LogP contribution in [0.1, 0.15) is 6.42 Å². The van der Waals surface area contributed by atoms with Crippen molar-refractivity contribution >= 4 is 0 Å². The van der Waals surface area contributed by atoms with Gasteiger partial charge in [0.15, 0.2) is 0 Å². The Kier molecular flexibility index (Phi) is 0.557. The van der Waals surface area contributed by atoms with E-state index in [2.05, 4.69) is 0 Å². The second kappa shape index (κ2) is 1.01. The molecule has 0 aromatic heterocycles. The zero-order valence-electron chi connectivity index (χ0n) is 4.13. The summed E-state index contributed by atoms with van der Waals surface area (Å²) < 4.78 is 5.21. The molecule has 0 bridgehead atoms. The molecule has 1 aliphatic heterocycles. The zero-order valence-corrected chi connectivity index (χ0v) is 4.13. The molecule has 0 aromatic rings. The van der Waals surface area contributed by atoms with Gasteiger partial charge >= 0.3 is 0 Å². The maximum Gasteiger partial charge on any atom is 0.0774 e. The SMILES string of the molecule is N[C@@H]1[C@H]2CCO[C@@H]12. The third kappa shape index (κ3) is 0.359. The average molecular weight is 99.1 g/mol. The van der Waals surface area contributed by atoms with E-state index in [-0.39, 0.29) is 0 Å². The quantitative estimate of drug-likeness (QED) is 0.454. The lowest BCUT2D eigenvalue weighted by Gasteiger charge is -1.93. The molecule has 0 unspecified atom stereocenters. The molecule has 2 nitrogen and oxygen atoms in total. The fraction of sp³-hybridized carbons (Fsp3) is 1.00.